The Labute approximate surface area is 186 Å². The smallest absolute Gasteiger partial charge is 0.338 e. The van der Waals surface area contributed by atoms with E-state index < -0.39 is 5.97 Å². The monoisotopic (exact) mass is 434 g/mol. The van der Waals surface area contributed by atoms with E-state index in [0.717, 1.165) is 30.0 Å². The number of rotatable bonds is 8. The van der Waals surface area contributed by atoms with E-state index >= 15 is 0 Å². The number of para-hydroxylation sites is 1. The highest BCUT2D eigenvalue weighted by Crippen LogP contribution is 2.22. The van der Waals surface area contributed by atoms with Crippen LogP contribution in [-0.4, -0.2) is 58.5 Å². The second-order valence-electron chi connectivity index (χ2n) is 7.80. The number of imidazole rings is 1. The van der Waals surface area contributed by atoms with Crippen LogP contribution in [0.15, 0.2) is 48.5 Å². The van der Waals surface area contributed by atoms with Crippen molar-refractivity contribution in [2.45, 2.75) is 26.2 Å². The summed E-state index contributed by atoms with van der Waals surface area (Å²) in [6.07, 6.45) is 2.19. The highest BCUT2D eigenvalue weighted by atomic mass is 16.5. The molecule has 8 nitrogen and oxygen atoms in total. The van der Waals surface area contributed by atoms with Crippen molar-refractivity contribution in [2.24, 2.45) is 0 Å². The summed E-state index contributed by atoms with van der Waals surface area (Å²) in [7, 11) is 0. The normalized spacial score (nSPS) is 13.5. The number of aromatic nitrogens is 2. The molecule has 0 spiro atoms. The molecule has 3 aromatic rings. The number of carbonyl (C=O) groups is 3. The molecule has 0 radical (unpaired) electrons. The summed E-state index contributed by atoms with van der Waals surface area (Å²) in [6, 6.07) is 15.1. The number of hydrogen-bond acceptors (Lipinski definition) is 5. The Morgan fingerprint density at radius 1 is 1.16 bits per heavy atom. The topological polar surface area (TPSA) is 93.5 Å². The number of likely N-dealkylation sites (tertiary alicyclic amines) is 1. The largest absolute Gasteiger partial charge is 0.452 e. The Morgan fingerprint density at radius 3 is 2.72 bits per heavy atom. The number of ether oxygens (including phenoxy) is 1. The van der Waals surface area contributed by atoms with Crippen molar-refractivity contribution in [2.75, 3.05) is 26.2 Å². The van der Waals surface area contributed by atoms with Crippen LogP contribution in [-0.2, 0) is 14.3 Å². The number of hydrogen-bond donors (Lipinski definition) is 1. The Bertz CT molecular complexity index is 1140. The molecule has 32 heavy (non-hydrogen) atoms. The summed E-state index contributed by atoms with van der Waals surface area (Å²) in [6.45, 7) is 3.42. The molecule has 1 aliphatic heterocycles. The van der Waals surface area contributed by atoms with Crippen LogP contribution < -0.4 is 5.32 Å². The maximum absolute atomic E-state index is 12.4. The second-order valence-corrected chi connectivity index (χ2v) is 7.80. The van der Waals surface area contributed by atoms with Crippen molar-refractivity contribution < 1.29 is 19.1 Å². The van der Waals surface area contributed by atoms with Gasteiger partial charge in [-0.1, -0.05) is 18.2 Å². The zero-order valence-corrected chi connectivity index (χ0v) is 18.0. The molecule has 0 aliphatic carbocycles. The third kappa shape index (κ3) is 4.80. The highest BCUT2D eigenvalue weighted by molar-refractivity contribution is 5.95. The quantitative estimate of drug-likeness (QED) is 0.435. The molecular formula is C24H26N4O4. The predicted molar refractivity (Wildman–Crippen MR) is 120 cm³/mol. The van der Waals surface area contributed by atoms with E-state index in [1.807, 2.05) is 52.8 Å². The van der Waals surface area contributed by atoms with Crippen molar-refractivity contribution in [3.05, 3.63) is 59.9 Å². The number of benzene rings is 2. The van der Waals surface area contributed by atoms with E-state index in [-0.39, 0.29) is 18.4 Å². The maximum atomic E-state index is 12.4. The first-order chi connectivity index (χ1) is 15.5. The van der Waals surface area contributed by atoms with E-state index in [1.54, 1.807) is 12.1 Å². The molecule has 0 unspecified atom stereocenters. The Morgan fingerprint density at radius 2 is 1.97 bits per heavy atom. The standard InChI is InChI=1S/C24H26N4O4/c1-17-26-20-15-18(10-11-21(20)28(17)19-7-3-2-4-8-19)24(31)32-16-22(29)25-12-6-14-27-13-5-9-23(27)30/h2-4,7-8,10-11,15H,5-6,9,12-14,16H2,1H3,(H,25,29). The molecule has 166 valence electrons. The minimum atomic E-state index is -0.573. The van der Waals surface area contributed by atoms with Crippen LogP contribution in [0.3, 0.4) is 0 Å². The van der Waals surface area contributed by atoms with Gasteiger partial charge in [0.15, 0.2) is 6.61 Å². The zero-order chi connectivity index (χ0) is 22.5. The van der Waals surface area contributed by atoms with Gasteiger partial charge in [0, 0.05) is 31.7 Å². The molecule has 1 aliphatic rings. The van der Waals surface area contributed by atoms with Crippen molar-refractivity contribution in [3.63, 3.8) is 0 Å². The Kier molecular flexibility index (Phi) is 6.49. The van der Waals surface area contributed by atoms with E-state index in [2.05, 4.69) is 10.3 Å². The molecule has 4 rings (SSSR count). The van der Waals surface area contributed by atoms with Gasteiger partial charge in [0.2, 0.25) is 5.91 Å². The number of aryl methyl sites for hydroxylation is 1. The lowest BCUT2D eigenvalue weighted by Crippen LogP contribution is -2.32. The molecule has 2 aromatic carbocycles. The van der Waals surface area contributed by atoms with E-state index in [0.29, 0.717) is 37.0 Å². The number of nitrogens with one attached hydrogen (secondary N) is 1. The number of fused-ring (bicyclic) bond motifs is 1. The molecule has 0 saturated carbocycles. The lowest BCUT2D eigenvalue weighted by molar-refractivity contribution is -0.127. The van der Waals surface area contributed by atoms with Gasteiger partial charge >= 0.3 is 5.97 Å². The van der Waals surface area contributed by atoms with Gasteiger partial charge in [0.25, 0.3) is 5.91 Å². The minimum absolute atomic E-state index is 0.172. The van der Waals surface area contributed by atoms with Gasteiger partial charge in [-0.25, -0.2) is 9.78 Å². The molecule has 1 fully saturated rings. The fraction of sp³-hybridized carbons (Fsp3) is 0.333. The molecule has 8 heteroatoms. The van der Waals surface area contributed by atoms with Gasteiger partial charge in [-0.05, 0) is 50.1 Å². The number of esters is 1. The average Bonchev–Trinajstić information content (AvgIpc) is 3.36. The second kappa shape index (κ2) is 9.64. The molecule has 1 aromatic heterocycles. The van der Waals surface area contributed by atoms with Crippen LogP contribution in [0.4, 0.5) is 0 Å². The summed E-state index contributed by atoms with van der Waals surface area (Å²) in [5.74, 6) is 0.0470. The fourth-order valence-corrected chi connectivity index (χ4v) is 3.93. The van der Waals surface area contributed by atoms with Crippen LogP contribution in [0, 0.1) is 6.92 Å². The molecule has 1 N–H and O–H groups in total. The SMILES string of the molecule is Cc1nc2cc(C(=O)OCC(=O)NCCCN3CCCC3=O)ccc2n1-c1ccccc1. The van der Waals surface area contributed by atoms with E-state index in [1.165, 1.54) is 0 Å². The number of amides is 2. The van der Waals surface area contributed by atoms with Crippen LogP contribution in [0.2, 0.25) is 0 Å². The van der Waals surface area contributed by atoms with Crippen molar-refractivity contribution in [1.29, 1.82) is 0 Å². The van der Waals surface area contributed by atoms with Gasteiger partial charge in [0.05, 0.1) is 16.6 Å². The predicted octanol–water partition coefficient (Wildman–Crippen LogP) is 2.62. The highest BCUT2D eigenvalue weighted by Gasteiger charge is 2.19. The first kappa shape index (κ1) is 21.5. The molecule has 2 amide bonds. The number of carbonyl (C=O) groups excluding carboxylic acids is 3. The summed E-state index contributed by atoms with van der Waals surface area (Å²) >= 11 is 0. The van der Waals surface area contributed by atoms with E-state index in [9.17, 15) is 14.4 Å². The van der Waals surface area contributed by atoms with Gasteiger partial charge in [-0.2, -0.15) is 0 Å². The van der Waals surface area contributed by atoms with Crippen LogP contribution in [0.5, 0.6) is 0 Å². The maximum Gasteiger partial charge on any atom is 0.338 e. The van der Waals surface area contributed by atoms with Gasteiger partial charge in [-0.15, -0.1) is 0 Å². The molecule has 2 heterocycles. The average molecular weight is 434 g/mol. The lowest BCUT2D eigenvalue weighted by Gasteiger charge is -2.15. The fourth-order valence-electron chi connectivity index (χ4n) is 3.93. The summed E-state index contributed by atoms with van der Waals surface area (Å²) in [5.41, 5.74) is 2.91. The summed E-state index contributed by atoms with van der Waals surface area (Å²) in [5, 5.41) is 2.72. The molecule has 0 atom stereocenters. The number of nitrogens with zero attached hydrogens (tertiary/aromatic N) is 3. The van der Waals surface area contributed by atoms with Crippen LogP contribution in [0.1, 0.15) is 35.4 Å². The van der Waals surface area contributed by atoms with Crippen molar-refractivity contribution in [1.82, 2.24) is 19.8 Å². The third-order valence-electron chi connectivity index (χ3n) is 5.50. The van der Waals surface area contributed by atoms with Crippen LogP contribution >= 0.6 is 0 Å². The van der Waals surface area contributed by atoms with Crippen molar-refractivity contribution >= 4 is 28.8 Å². The summed E-state index contributed by atoms with van der Waals surface area (Å²) in [4.78, 5) is 42.3. The van der Waals surface area contributed by atoms with E-state index in [4.69, 9.17) is 4.74 Å². The van der Waals surface area contributed by atoms with Gasteiger partial charge in [-0.3, -0.25) is 14.2 Å². The minimum Gasteiger partial charge on any atom is -0.452 e. The molecule has 1 saturated heterocycles. The Hall–Kier alpha value is -3.68. The first-order valence-electron chi connectivity index (χ1n) is 10.8. The molecule has 0 bridgehead atoms. The third-order valence-corrected chi connectivity index (χ3v) is 5.50. The zero-order valence-electron chi connectivity index (χ0n) is 18.0. The summed E-state index contributed by atoms with van der Waals surface area (Å²) < 4.78 is 7.18. The first-order valence-corrected chi connectivity index (χ1v) is 10.8. The van der Waals surface area contributed by atoms with Gasteiger partial charge in [0.1, 0.15) is 5.82 Å². The van der Waals surface area contributed by atoms with Crippen LogP contribution in [0.25, 0.3) is 16.7 Å². The lowest BCUT2D eigenvalue weighted by atomic mass is 10.2. The van der Waals surface area contributed by atoms with Crippen molar-refractivity contribution in [3.8, 4) is 5.69 Å². The Balaban J connectivity index is 1.30. The molecular weight excluding hydrogens is 408 g/mol. The van der Waals surface area contributed by atoms with Gasteiger partial charge < -0.3 is 15.0 Å².